The molecule has 0 atom stereocenters. The Hall–Kier alpha value is -5.38. The van der Waals surface area contributed by atoms with E-state index in [4.69, 9.17) is 4.42 Å². The molecule has 0 unspecified atom stereocenters. The van der Waals surface area contributed by atoms with Gasteiger partial charge in [0.15, 0.2) is 0 Å². The van der Waals surface area contributed by atoms with Crippen LogP contribution < -0.4 is 4.90 Å². The highest BCUT2D eigenvalue weighted by molar-refractivity contribution is 7.26. The predicted octanol–water partition coefficient (Wildman–Crippen LogP) is 12.2. The van der Waals surface area contributed by atoms with Crippen LogP contribution in [0.5, 0.6) is 0 Å². The summed E-state index contributed by atoms with van der Waals surface area (Å²) < 4.78 is 8.96. The number of rotatable bonds is 4. The van der Waals surface area contributed by atoms with Gasteiger partial charge in [-0.15, -0.1) is 11.3 Å². The minimum Gasteiger partial charge on any atom is -0.455 e. The molecule has 0 spiro atoms. The van der Waals surface area contributed by atoms with Crippen LogP contribution in [0.3, 0.4) is 0 Å². The van der Waals surface area contributed by atoms with Gasteiger partial charge in [-0.05, 0) is 65.0 Å². The van der Waals surface area contributed by atoms with Gasteiger partial charge in [0.25, 0.3) is 0 Å². The average molecular weight is 568 g/mol. The summed E-state index contributed by atoms with van der Waals surface area (Å²) in [5.41, 5.74) is 7.71. The van der Waals surface area contributed by atoms with Crippen molar-refractivity contribution in [3.8, 4) is 11.1 Å². The molecule has 0 aliphatic heterocycles. The van der Waals surface area contributed by atoms with Crippen molar-refractivity contribution in [3.63, 3.8) is 0 Å². The standard InChI is InChI=1S/C40H25NOS/c1-2-11-27(12-3-1)41(36-18-10-17-33-31-15-7-9-20-38(31)43-40(33)36)28-23-21-26(22-24-28)34-25-35-30-14-6-8-19-37(30)42-39(35)32-16-5-4-13-29(32)34/h1-25H. The third-order valence-corrected chi connectivity index (χ3v) is 9.67. The quantitative estimate of drug-likeness (QED) is 0.210. The molecule has 2 aromatic heterocycles. The monoisotopic (exact) mass is 567 g/mol. The van der Waals surface area contributed by atoms with E-state index in [0.717, 1.165) is 38.7 Å². The Bertz CT molecular complexity index is 2450. The fourth-order valence-electron chi connectivity index (χ4n) is 6.49. The van der Waals surface area contributed by atoms with Gasteiger partial charge >= 0.3 is 0 Å². The molecule has 0 aliphatic carbocycles. The molecule has 2 heterocycles. The molecule has 0 saturated carbocycles. The van der Waals surface area contributed by atoms with Crippen LogP contribution in [0.2, 0.25) is 0 Å². The second-order valence-corrected chi connectivity index (χ2v) is 12.0. The van der Waals surface area contributed by atoms with Crippen LogP contribution >= 0.6 is 11.3 Å². The van der Waals surface area contributed by atoms with Crippen LogP contribution in [0.25, 0.3) is 64.0 Å². The first-order valence-corrected chi connectivity index (χ1v) is 15.3. The lowest BCUT2D eigenvalue weighted by molar-refractivity contribution is 0.672. The van der Waals surface area contributed by atoms with Crippen molar-refractivity contribution in [2.75, 3.05) is 4.90 Å². The molecule has 3 heteroatoms. The predicted molar refractivity (Wildman–Crippen MR) is 184 cm³/mol. The molecule has 202 valence electrons. The highest BCUT2D eigenvalue weighted by atomic mass is 32.1. The number of hydrogen-bond acceptors (Lipinski definition) is 3. The molecule has 43 heavy (non-hydrogen) atoms. The van der Waals surface area contributed by atoms with E-state index in [1.54, 1.807) is 0 Å². The van der Waals surface area contributed by atoms with Crippen LogP contribution in [-0.4, -0.2) is 0 Å². The Morgan fingerprint density at radius 3 is 1.95 bits per heavy atom. The molecule has 0 aliphatic rings. The van der Waals surface area contributed by atoms with Gasteiger partial charge in [-0.1, -0.05) is 103 Å². The Balaban J connectivity index is 1.23. The number of thiophene rings is 1. The molecule has 9 aromatic rings. The fraction of sp³-hybridized carbons (Fsp3) is 0. The molecule has 0 fully saturated rings. The summed E-state index contributed by atoms with van der Waals surface area (Å²) >= 11 is 1.86. The summed E-state index contributed by atoms with van der Waals surface area (Å²) in [4.78, 5) is 2.38. The maximum Gasteiger partial charge on any atom is 0.143 e. The normalized spacial score (nSPS) is 11.7. The summed E-state index contributed by atoms with van der Waals surface area (Å²) in [6.45, 7) is 0. The van der Waals surface area contributed by atoms with E-state index in [0.29, 0.717) is 0 Å². The van der Waals surface area contributed by atoms with Crippen molar-refractivity contribution in [2.24, 2.45) is 0 Å². The highest BCUT2D eigenvalue weighted by Gasteiger charge is 2.19. The number of hydrogen-bond donors (Lipinski definition) is 0. The topological polar surface area (TPSA) is 16.4 Å². The van der Waals surface area contributed by atoms with Gasteiger partial charge in [-0.25, -0.2) is 0 Å². The minimum absolute atomic E-state index is 0.920. The fourth-order valence-corrected chi connectivity index (χ4v) is 7.69. The van der Waals surface area contributed by atoms with Gasteiger partial charge in [-0.2, -0.15) is 0 Å². The lowest BCUT2D eigenvalue weighted by Gasteiger charge is -2.26. The third kappa shape index (κ3) is 3.79. The first-order chi connectivity index (χ1) is 21.3. The first kappa shape index (κ1) is 24.2. The van der Waals surface area contributed by atoms with Gasteiger partial charge in [0.1, 0.15) is 11.2 Å². The molecule has 0 amide bonds. The van der Waals surface area contributed by atoms with Gasteiger partial charge in [0.2, 0.25) is 0 Å². The molecule has 0 bridgehead atoms. The number of anilines is 3. The number of benzene rings is 7. The Morgan fingerprint density at radius 2 is 1.12 bits per heavy atom. The zero-order valence-electron chi connectivity index (χ0n) is 23.2. The summed E-state index contributed by atoms with van der Waals surface area (Å²) in [6, 6.07) is 54.2. The first-order valence-electron chi connectivity index (χ1n) is 14.5. The van der Waals surface area contributed by atoms with Crippen molar-refractivity contribution in [2.45, 2.75) is 0 Å². The van der Waals surface area contributed by atoms with Crippen LogP contribution in [0.1, 0.15) is 0 Å². The Labute approximate surface area is 252 Å². The number of furan rings is 1. The molecule has 0 radical (unpaired) electrons. The Kier molecular flexibility index (Phi) is 5.40. The van der Waals surface area contributed by atoms with Gasteiger partial charge in [0.05, 0.1) is 10.4 Å². The minimum atomic E-state index is 0.920. The lowest BCUT2D eigenvalue weighted by Crippen LogP contribution is -2.09. The molecule has 7 aromatic carbocycles. The molecule has 9 rings (SSSR count). The Morgan fingerprint density at radius 1 is 0.465 bits per heavy atom. The average Bonchev–Trinajstić information content (AvgIpc) is 3.65. The number of para-hydroxylation sites is 2. The second kappa shape index (κ2) is 9.59. The summed E-state index contributed by atoms with van der Waals surface area (Å²) in [6.07, 6.45) is 0. The van der Waals surface area contributed by atoms with E-state index in [9.17, 15) is 0 Å². The van der Waals surface area contributed by atoms with E-state index in [2.05, 4.69) is 144 Å². The highest BCUT2D eigenvalue weighted by Crippen LogP contribution is 2.45. The maximum absolute atomic E-state index is 6.36. The SMILES string of the molecule is c1ccc(N(c2ccc(-c3cc4c5ccccc5oc4c4ccccc34)cc2)c2cccc3c2sc2ccccc23)cc1. The van der Waals surface area contributed by atoms with E-state index in [-0.39, 0.29) is 0 Å². The zero-order chi connectivity index (χ0) is 28.3. The maximum atomic E-state index is 6.36. The van der Waals surface area contributed by atoms with Crippen LogP contribution in [-0.2, 0) is 0 Å². The summed E-state index contributed by atoms with van der Waals surface area (Å²) in [5, 5.41) is 7.22. The molecule has 2 nitrogen and oxygen atoms in total. The van der Waals surface area contributed by atoms with Gasteiger partial charge < -0.3 is 9.32 Å². The van der Waals surface area contributed by atoms with Crippen molar-refractivity contribution < 1.29 is 4.42 Å². The van der Waals surface area contributed by atoms with Crippen molar-refractivity contribution in [1.29, 1.82) is 0 Å². The van der Waals surface area contributed by atoms with Crippen molar-refractivity contribution >= 4 is 81.3 Å². The van der Waals surface area contributed by atoms with Gasteiger partial charge in [0, 0.05) is 43.0 Å². The van der Waals surface area contributed by atoms with E-state index < -0.39 is 0 Å². The van der Waals surface area contributed by atoms with Crippen LogP contribution in [0, 0.1) is 0 Å². The smallest absolute Gasteiger partial charge is 0.143 e. The molecule has 0 saturated heterocycles. The summed E-state index contributed by atoms with van der Waals surface area (Å²) in [7, 11) is 0. The lowest BCUT2D eigenvalue weighted by atomic mass is 9.95. The van der Waals surface area contributed by atoms with Gasteiger partial charge in [-0.3, -0.25) is 0 Å². The number of fused-ring (bicyclic) bond motifs is 8. The molecular formula is C40H25NOS. The van der Waals surface area contributed by atoms with Crippen LogP contribution in [0.15, 0.2) is 156 Å². The van der Waals surface area contributed by atoms with Crippen LogP contribution in [0.4, 0.5) is 17.1 Å². The van der Waals surface area contributed by atoms with Crippen molar-refractivity contribution in [1.82, 2.24) is 0 Å². The summed E-state index contributed by atoms with van der Waals surface area (Å²) in [5.74, 6) is 0. The zero-order valence-corrected chi connectivity index (χ0v) is 24.0. The van der Waals surface area contributed by atoms with Crippen molar-refractivity contribution in [3.05, 3.63) is 152 Å². The second-order valence-electron chi connectivity index (χ2n) is 10.9. The van der Waals surface area contributed by atoms with E-state index in [1.165, 1.54) is 42.4 Å². The largest absolute Gasteiger partial charge is 0.455 e. The molecular weight excluding hydrogens is 543 g/mol. The third-order valence-electron chi connectivity index (χ3n) is 8.46. The van der Waals surface area contributed by atoms with E-state index in [1.807, 2.05) is 23.5 Å². The van der Waals surface area contributed by atoms with E-state index >= 15 is 0 Å². The molecule has 0 N–H and O–H groups in total. The number of nitrogens with zero attached hydrogens (tertiary/aromatic N) is 1.